The summed E-state index contributed by atoms with van der Waals surface area (Å²) in [5, 5.41) is 6.50. The fourth-order valence-electron chi connectivity index (χ4n) is 2.41. The smallest absolute Gasteiger partial charge is 0.205 e. The lowest BCUT2D eigenvalue weighted by atomic mass is 10.1. The van der Waals surface area contributed by atoms with Crippen molar-refractivity contribution >= 4 is 11.5 Å². The van der Waals surface area contributed by atoms with Gasteiger partial charge in [0, 0.05) is 0 Å². The molecular weight excluding hydrogens is 284 g/mol. The highest BCUT2D eigenvalue weighted by molar-refractivity contribution is 6.48. The second-order valence-electron chi connectivity index (χ2n) is 5.36. The van der Waals surface area contributed by atoms with E-state index in [1.807, 2.05) is 47.5 Å². The van der Waals surface area contributed by atoms with Crippen molar-refractivity contribution in [3.8, 4) is 0 Å². The van der Waals surface area contributed by atoms with Crippen LogP contribution < -0.4 is 0 Å². The minimum Gasteiger partial charge on any atom is -0.288 e. The van der Waals surface area contributed by atoms with E-state index >= 15 is 0 Å². The van der Waals surface area contributed by atoms with Crippen molar-refractivity contribution in [3.63, 3.8) is 0 Å². The van der Waals surface area contributed by atoms with Crippen LogP contribution in [0, 0.1) is 0 Å². The van der Waals surface area contributed by atoms with Crippen molar-refractivity contribution in [1.82, 2.24) is 5.01 Å². The first-order valence-corrected chi connectivity index (χ1v) is 7.62. The zero-order valence-electron chi connectivity index (χ0n) is 12.8. The number of hydrogen-bond donors (Lipinski definition) is 0. The van der Waals surface area contributed by atoms with Crippen LogP contribution in [0.5, 0.6) is 0 Å². The molecule has 0 spiro atoms. The standard InChI is InChI=1S/C20H18N2O/c23-20-14-8-7-13-19(20)21-22(15-17-9-3-1-4-10-17)16-18-11-5-2-6-12-18/h1-14H,15-16H2. The first-order valence-electron chi connectivity index (χ1n) is 7.62. The first kappa shape index (κ1) is 15.0. The van der Waals surface area contributed by atoms with Gasteiger partial charge in [-0.3, -0.25) is 9.80 Å². The second kappa shape index (κ2) is 7.36. The molecule has 3 nitrogen and oxygen atoms in total. The Bertz CT molecular complexity index is 704. The van der Waals surface area contributed by atoms with Crippen LogP contribution in [0.3, 0.4) is 0 Å². The Balaban J connectivity index is 1.84. The van der Waals surface area contributed by atoms with Gasteiger partial charge in [-0.15, -0.1) is 0 Å². The van der Waals surface area contributed by atoms with Crippen LogP contribution in [0.2, 0.25) is 0 Å². The van der Waals surface area contributed by atoms with Gasteiger partial charge < -0.3 is 0 Å². The molecule has 1 aliphatic rings. The van der Waals surface area contributed by atoms with E-state index in [-0.39, 0.29) is 5.78 Å². The maximum atomic E-state index is 11.9. The predicted molar refractivity (Wildman–Crippen MR) is 92.9 cm³/mol. The van der Waals surface area contributed by atoms with Crippen LogP contribution in [0.1, 0.15) is 11.1 Å². The zero-order chi connectivity index (χ0) is 15.9. The summed E-state index contributed by atoms with van der Waals surface area (Å²) in [5.74, 6) is -0.0568. The fourth-order valence-corrected chi connectivity index (χ4v) is 2.41. The molecule has 23 heavy (non-hydrogen) atoms. The van der Waals surface area contributed by atoms with E-state index in [2.05, 4.69) is 29.4 Å². The lowest BCUT2D eigenvalue weighted by Gasteiger charge is -2.20. The number of hydrazone groups is 1. The monoisotopic (exact) mass is 302 g/mol. The third kappa shape index (κ3) is 4.27. The molecule has 3 heteroatoms. The summed E-state index contributed by atoms with van der Waals surface area (Å²) in [5.41, 5.74) is 2.80. The van der Waals surface area contributed by atoms with Crippen molar-refractivity contribution in [3.05, 3.63) is 96.1 Å². The minimum absolute atomic E-state index is 0.0568. The molecule has 2 aromatic carbocycles. The molecule has 0 radical (unpaired) electrons. The maximum Gasteiger partial charge on any atom is 0.205 e. The van der Waals surface area contributed by atoms with E-state index in [1.165, 1.54) is 0 Å². The largest absolute Gasteiger partial charge is 0.288 e. The summed E-state index contributed by atoms with van der Waals surface area (Å²) in [6, 6.07) is 20.3. The van der Waals surface area contributed by atoms with Gasteiger partial charge in [0.2, 0.25) is 5.78 Å². The molecule has 2 aromatic rings. The highest BCUT2D eigenvalue weighted by Crippen LogP contribution is 2.11. The molecule has 0 heterocycles. The molecule has 0 atom stereocenters. The summed E-state index contributed by atoms with van der Waals surface area (Å²) in [4.78, 5) is 11.9. The number of rotatable bonds is 5. The normalized spacial score (nSPS) is 15.1. The molecule has 0 saturated heterocycles. The van der Waals surface area contributed by atoms with Gasteiger partial charge in [-0.25, -0.2) is 0 Å². The van der Waals surface area contributed by atoms with E-state index in [0.717, 1.165) is 11.1 Å². The summed E-state index contributed by atoms with van der Waals surface area (Å²) < 4.78 is 0. The highest BCUT2D eigenvalue weighted by Gasteiger charge is 2.11. The summed E-state index contributed by atoms with van der Waals surface area (Å²) in [6.45, 7) is 1.31. The quantitative estimate of drug-likeness (QED) is 0.622. The van der Waals surface area contributed by atoms with Crippen LogP contribution in [0.4, 0.5) is 0 Å². The van der Waals surface area contributed by atoms with Crippen molar-refractivity contribution < 1.29 is 4.79 Å². The molecule has 1 aliphatic carbocycles. The average Bonchev–Trinajstić information content (AvgIpc) is 2.59. The number of hydrogen-bond acceptors (Lipinski definition) is 3. The van der Waals surface area contributed by atoms with Gasteiger partial charge >= 0.3 is 0 Å². The molecule has 3 rings (SSSR count). The van der Waals surface area contributed by atoms with E-state index in [4.69, 9.17) is 0 Å². The van der Waals surface area contributed by atoms with Gasteiger partial charge in [-0.1, -0.05) is 72.8 Å². The van der Waals surface area contributed by atoms with E-state index in [0.29, 0.717) is 18.8 Å². The molecular formula is C20H18N2O. The molecule has 0 fully saturated rings. The topological polar surface area (TPSA) is 32.7 Å². The first-order chi connectivity index (χ1) is 11.3. The van der Waals surface area contributed by atoms with Gasteiger partial charge in [-0.2, -0.15) is 5.10 Å². The minimum atomic E-state index is -0.0568. The van der Waals surface area contributed by atoms with Gasteiger partial charge in [0.05, 0.1) is 13.1 Å². The van der Waals surface area contributed by atoms with Crippen molar-refractivity contribution in [1.29, 1.82) is 0 Å². The lowest BCUT2D eigenvalue weighted by molar-refractivity contribution is -0.108. The number of allylic oxidation sites excluding steroid dienone is 4. The Morgan fingerprint density at radius 3 is 1.78 bits per heavy atom. The van der Waals surface area contributed by atoms with Crippen LogP contribution in [-0.4, -0.2) is 16.5 Å². The Labute approximate surface area is 136 Å². The Hall–Kier alpha value is -2.94. The van der Waals surface area contributed by atoms with Crippen LogP contribution in [0.15, 0.2) is 90.1 Å². The zero-order valence-corrected chi connectivity index (χ0v) is 12.8. The van der Waals surface area contributed by atoms with Gasteiger partial charge in [0.1, 0.15) is 5.71 Å². The Morgan fingerprint density at radius 2 is 1.26 bits per heavy atom. The van der Waals surface area contributed by atoms with E-state index in [1.54, 1.807) is 18.2 Å². The fraction of sp³-hybridized carbons (Fsp3) is 0.100. The second-order valence-corrected chi connectivity index (χ2v) is 5.36. The predicted octanol–water partition coefficient (Wildman–Crippen LogP) is 3.74. The molecule has 114 valence electrons. The third-order valence-corrected chi connectivity index (χ3v) is 3.53. The Kier molecular flexibility index (Phi) is 4.79. The van der Waals surface area contributed by atoms with Gasteiger partial charge in [0.25, 0.3) is 0 Å². The SMILES string of the molecule is O=C1C=CC=CC1=NN(Cc1ccccc1)Cc1ccccc1. The molecule has 0 N–H and O–H groups in total. The van der Waals surface area contributed by atoms with Crippen LogP contribution >= 0.6 is 0 Å². The molecule has 0 saturated carbocycles. The molecule has 0 bridgehead atoms. The molecule has 0 aromatic heterocycles. The molecule has 0 aliphatic heterocycles. The summed E-state index contributed by atoms with van der Waals surface area (Å²) in [6.07, 6.45) is 6.87. The molecule has 0 unspecified atom stereocenters. The Morgan fingerprint density at radius 1 is 0.739 bits per heavy atom. The molecule has 0 amide bonds. The number of carbonyl (C=O) groups is 1. The van der Waals surface area contributed by atoms with Crippen LogP contribution in [-0.2, 0) is 17.9 Å². The van der Waals surface area contributed by atoms with E-state index in [9.17, 15) is 4.79 Å². The lowest BCUT2D eigenvalue weighted by Crippen LogP contribution is -2.22. The van der Waals surface area contributed by atoms with Crippen LogP contribution in [0.25, 0.3) is 0 Å². The number of benzene rings is 2. The maximum absolute atomic E-state index is 11.9. The third-order valence-electron chi connectivity index (χ3n) is 3.53. The number of ketones is 1. The van der Waals surface area contributed by atoms with Gasteiger partial charge in [-0.05, 0) is 23.3 Å². The summed E-state index contributed by atoms with van der Waals surface area (Å²) >= 11 is 0. The van der Waals surface area contributed by atoms with E-state index < -0.39 is 0 Å². The van der Waals surface area contributed by atoms with Crippen molar-refractivity contribution in [2.24, 2.45) is 5.10 Å². The number of carbonyl (C=O) groups excluding carboxylic acids is 1. The average molecular weight is 302 g/mol. The number of nitrogens with zero attached hydrogens (tertiary/aromatic N) is 2. The van der Waals surface area contributed by atoms with Gasteiger partial charge in [0.15, 0.2) is 0 Å². The van der Waals surface area contributed by atoms with Crippen molar-refractivity contribution in [2.45, 2.75) is 13.1 Å². The van der Waals surface area contributed by atoms with Crippen molar-refractivity contribution in [2.75, 3.05) is 0 Å². The highest BCUT2D eigenvalue weighted by atomic mass is 16.1. The summed E-state index contributed by atoms with van der Waals surface area (Å²) in [7, 11) is 0.